The molecule has 0 spiro atoms. The second-order valence-electron chi connectivity index (χ2n) is 9.41. The summed E-state index contributed by atoms with van der Waals surface area (Å²) >= 11 is 12.3. The number of nitrogens with one attached hydrogen (secondary N) is 1. The highest BCUT2D eigenvalue weighted by Crippen LogP contribution is 2.37. The lowest BCUT2D eigenvalue weighted by atomic mass is 10.1. The number of amides is 3. The van der Waals surface area contributed by atoms with Crippen molar-refractivity contribution in [2.45, 2.75) is 39.8 Å². The van der Waals surface area contributed by atoms with Crippen LogP contribution in [0.25, 0.3) is 10.8 Å². The largest absolute Gasteiger partial charge is 0.354 e. The molecule has 1 heterocycles. The molecule has 3 amide bonds. The maximum Gasteiger partial charge on any atom is 0.259 e. The standard InChI is InChI=1S/C28H29Cl2N3O3/c1-4-23(27(35)31-14-17(2)3)32(15-18-11-12-21(29)22(30)13-18)25(34)16-33-24-10-6-8-19-7-5-9-20(26(19)24)28(33)36/h5-13,17,23H,4,14-16H2,1-3H3,(H,31,35). The van der Waals surface area contributed by atoms with Crippen molar-refractivity contribution in [1.82, 2.24) is 10.2 Å². The summed E-state index contributed by atoms with van der Waals surface area (Å²) in [5, 5.41) is 5.52. The zero-order chi connectivity index (χ0) is 26.0. The minimum absolute atomic E-state index is 0.155. The fourth-order valence-corrected chi connectivity index (χ4v) is 4.86. The molecule has 0 aliphatic carbocycles. The van der Waals surface area contributed by atoms with Crippen molar-refractivity contribution in [2.75, 3.05) is 18.0 Å². The minimum atomic E-state index is -0.707. The van der Waals surface area contributed by atoms with Gasteiger partial charge in [0.15, 0.2) is 0 Å². The van der Waals surface area contributed by atoms with Crippen LogP contribution in [0.5, 0.6) is 0 Å². The van der Waals surface area contributed by atoms with E-state index in [4.69, 9.17) is 23.2 Å². The molecule has 0 saturated carbocycles. The molecule has 1 N–H and O–H groups in total. The molecule has 1 atom stereocenters. The van der Waals surface area contributed by atoms with Gasteiger partial charge in [0.1, 0.15) is 12.6 Å². The van der Waals surface area contributed by atoms with E-state index in [2.05, 4.69) is 5.32 Å². The first-order valence-corrected chi connectivity index (χ1v) is 12.8. The Bertz CT molecular complexity index is 1320. The number of carbonyl (C=O) groups excluding carboxylic acids is 3. The van der Waals surface area contributed by atoms with Gasteiger partial charge in [-0.1, -0.05) is 74.3 Å². The van der Waals surface area contributed by atoms with Gasteiger partial charge in [-0.2, -0.15) is 0 Å². The summed E-state index contributed by atoms with van der Waals surface area (Å²) in [4.78, 5) is 43.2. The lowest BCUT2D eigenvalue weighted by Crippen LogP contribution is -2.52. The van der Waals surface area contributed by atoms with Crippen LogP contribution in [0.15, 0.2) is 54.6 Å². The third kappa shape index (κ3) is 5.20. The van der Waals surface area contributed by atoms with Gasteiger partial charge in [-0.05, 0) is 47.6 Å². The Morgan fingerprint density at radius 2 is 1.75 bits per heavy atom. The van der Waals surface area contributed by atoms with Gasteiger partial charge in [0, 0.05) is 24.0 Å². The predicted octanol–water partition coefficient (Wildman–Crippen LogP) is 5.69. The van der Waals surface area contributed by atoms with Crippen LogP contribution in [0.1, 0.15) is 43.1 Å². The molecule has 8 heteroatoms. The normalized spacial score (nSPS) is 13.4. The van der Waals surface area contributed by atoms with Crippen molar-refractivity contribution >= 4 is 57.4 Å². The summed E-state index contributed by atoms with van der Waals surface area (Å²) in [5.41, 5.74) is 2.02. The third-order valence-electron chi connectivity index (χ3n) is 6.35. The van der Waals surface area contributed by atoms with Crippen LogP contribution >= 0.6 is 23.2 Å². The van der Waals surface area contributed by atoms with E-state index in [0.717, 1.165) is 16.3 Å². The van der Waals surface area contributed by atoms with Crippen molar-refractivity contribution in [3.05, 3.63) is 75.8 Å². The second-order valence-corrected chi connectivity index (χ2v) is 10.2. The van der Waals surface area contributed by atoms with E-state index in [9.17, 15) is 14.4 Å². The molecular weight excluding hydrogens is 497 g/mol. The summed E-state index contributed by atoms with van der Waals surface area (Å²) in [6, 6.07) is 15.7. The second kappa shape index (κ2) is 10.9. The highest BCUT2D eigenvalue weighted by atomic mass is 35.5. The first-order chi connectivity index (χ1) is 17.2. The smallest absolute Gasteiger partial charge is 0.259 e. The van der Waals surface area contributed by atoms with Crippen molar-refractivity contribution < 1.29 is 14.4 Å². The summed E-state index contributed by atoms with van der Waals surface area (Å²) in [7, 11) is 0. The highest BCUT2D eigenvalue weighted by molar-refractivity contribution is 6.42. The first kappa shape index (κ1) is 26.0. The van der Waals surface area contributed by atoms with E-state index >= 15 is 0 Å². The Morgan fingerprint density at radius 3 is 2.42 bits per heavy atom. The molecule has 0 bridgehead atoms. The Balaban J connectivity index is 1.65. The molecular formula is C28H29Cl2N3O3. The van der Waals surface area contributed by atoms with Gasteiger partial charge in [0.25, 0.3) is 5.91 Å². The third-order valence-corrected chi connectivity index (χ3v) is 7.09. The fourth-order valence-electron chi connectivity index (χ4n) is 4.54. The Labute approximate surface area is 221 Å². The molecule has 3 aromatic rings. The number of halogens is 2. The van der Waals surface area contributed by atoms with E-state index in [0.29, 0.717) is 34.3 Å². The highest BCUT2D eigenvalue weighted by Gasteiger charge is 2.35. The van der Waals surface area contributed by atoms with Crippen LogP contribution in [-0.4, -0.2) is 41.8 Å². The lowest BCUT2D eigenvalue weighted by Gasteiger charge is -2.32. The zero-order valence-electron chi connectivity index (χ0n) is 20.6. The molecule has 0 fully saturated rings. The quantitative estimate of drug-likeness (QED) is 0.390. The molecule has 188 valence electrons. The van der Waals surface area contributed by atoms with E-state index in [1.165, 1.54) is 9.80 Å². The van der Waals surface area contributed by atoms with Crippen LogP contribution in [0.2, 0.25) is 10.0 Å². The summed E-state index contributed by atoms with van der Waals surface area (Å²) in [6.45, 7) is 6.37. The number of rotatable bonds is 9. The first-order valence-electron chi connectivity index (χ1n) is 12.1. The van der Waals surface area contributed by atoms with Gasteiger partial charge in [0.05, 0.1) is 15.7 Å². The molecule has 6 nitrogen and oxygen atoms in total. The van der Waals surface area contributed by atoms with Crippen molar-refractivity contribution in [2.24, 2.45) is 5.92 Å². The maximum absolute atomic E-state index is 13.8. The van der Waals surface area contributed by atoms with Crippen LogP contribution in [0.3, 0.4) is 0 Å². The predicted molar refractivity (Wildman–Crippen MR) is 145 cm³/mol. The van der Waals surface area contributed by atoms with Crippen LogP contribution in [-0.2, 0) is 16.1 Å². The molecule has 1 aliphatic heterocycles. The number of hydrogen-bond donors (Lipinski definition) is 1. The van der Waals surface area contributed by atoms with Gasteiger partial charge in [0.2, 0.25) is 11.8 Å². The average Bonchev–Trinajstić information content (AvgIpc) is 3.12. The molecule has 0 aromatic heterocycles. The number of hydrogen-bond acceptors (Lipinski definition) is 3. The molecule has 36 heavy (non-hydrogen) atoms. The lowest BCUT2D eigenvalue weighted by molar-refractivity contribution is -0.140. The van der Waals surface area contributed by atoms with Gasteiger partial charge in [-0.15, -0.1) is 0 Å². The average molecular weight is 526 g/mol. The van der Waals surface area contributed by atoms with Gasteiger partial charge in [-0.3, -0.25) is 19.3 Å². The van der Waals surface area contributed by atoms with E-state index in [-0.39, 0.29) is 36.7 Å². The van der Waals surface area contributed by atoms with Gasteiger partial charge in [-0.25, -0.2) is 0 Å². The Kier molecular flexibility index (Phi) is 7.86. The molecule has 3 aromatic carbocycles. The van der Waals surface area contributed by atoms with Crippen molar-refractivity contribution in [3.63, 3.8) is 0 Å². The molecule has 0 saturated heterocycles. The van der Waals surface area contributed by atoms with Gasteiger partial charge >= 0.3 is 0 Å². The van der Waals surface area contributed by atoms with E-state index < -0.39 is 6.04 Å². The van der Waals surface area contributed by atoms with Crippen LogP contribution < -0.4 is 10.2 Å². The summed E-state index contributed by atoms with van der Waals surface area (Å²) in [6.07, 6.45) is 0.417. The number of nitrogens with zero attached hydrogens (tertiary/aromatic N) is 2. The SMILES string of the molecule is CCC(C(=O)NCC(C)C)N(Cc1ccc(Cl)c(Cl)c1)C(=O)CN1C(=O)c2cccc3cccc1c23. The maximum atomic E-state index is 13.8. The topological polar surface area (TPSA) is 69.7 Å². The summed E-state index contributed by atoms with van der Waals surface area (Å²) < 4.78 is 0. The molecule has 0 radical (unpaired) electrons. The van der Waals surface area contributed by atoms with Gasteiger partial charge < -0.3 is 10.2 Å². The van der Waals surface area contributed by atoms with Crippen LogP contribution in [0, 0.1) is 5.92 Å². The van der Waals surface area contributed by atoms with Crippen molar-refractivity contribution in [1.29, 1.82) is 0 Å². The van der Waals surface area contributed by atoms with Crippen molar-refractivity contribution in [3.8, 4) is 0 Å². The monoisotopic (exact) mass is 525 g/mol. The Hall–Kier alpha value is -3.09. The number of anilines is 1. The van der Waals surface area contributed by atoms with Crippen LogP contribution in [0.4, 0.5) is 5.69 Å². The minimum Gasteiger partial charge on any atom is -0.354 e. The number of benzene rings is 3. The Morgan fingerprint density at radius 1 is 1.03 bits per heavy atom. The summed E-state index contributed by atoms with van der Waals surface area (Å²) in [5.74, 6) is -0.502. The molecule has 4 rings (SSSR count). The number of carbonyl (C=O) groups is 3. The molecule has 1 aliphatic rings. The fraction of sp³-hybridized carbons (Fsp3) is 0.321. The van der Waals surface area contributed by atoms with E-state index in [1.807, 2.05) is 51.1 Å². The van der Waals surface area contributed by atoms with E-state index in [1.54, 1.807) is 24.3 Å². The molecule has 1 unspecified atom stereocenters. The zero-order valence-corrected chi connectivity index (χ0v) is 22.1.